The maximum atomic E-state index is 11.8. The zero-order valence-corrected chi connectivity index (χ0v) is 10.5. The van der Waals surface area contributed by atoms with Crippen molar-refractivity contribution in [2.45, 2.75) is 39.3 Å². The Morgan fingerprint density at radius 1 is 1.47 bits per heavy atom. The fraction of sp³-hybridized carbons (Fsp3) is 0.545. The normalized spacial score (nSPS) is 12.9. The van der Waals surface area contributed by atoms with Crippen LogP contribution in [0.1, 0.15) is 27.7 Å². The summed E-state index contributed by atoms with van der Waals surface area (Å²) in [5.41, 5.74) is -0.647. The standard InChI is InChI=1S/C11H18N4O2/c1-7(9(16)15-11(2,3)4)14-8-10(17)13-6-5-12-8/h5-7H,1-4H3,(H,12,14)(H,13,17)(H,15,16). The number of anilines is 1. The molecule has 0 aromatic carbocycles. The van der Waals surface area contributed by atoms with E-state index in [9.17, 15) is 9.59 Å². The number of aromatic amines is 1. The van der Waals surface area contributed by atoms with Crippen LogP contribution in [0.25, 0.3) is 0 Å². The van der Waals surface area contributed by atoms with Gasteiger partial charge in [0.2, 0.25) is 5.91 Å². The highest BCUT2D eigenvalue weighted by atomic mass is 16.2. The molecular weight excluding hydrogens is 220 g/mol. The van der Waals surface area contributed by atoms with Crippen molar-refractivity contribution in [3.63, 3.8) is 0 Å². The molecule has 6 heteroatoms. The minimum atomic E-state index is -0.523. The van der Waals surface area contributed by atoms with Gasteiger partial charge in [-0.1, -0.05) is 0 Å². The summed E-state index contributed by atoms with van der Waals surface area (Å²) in [4.78, 5) is 29.5. The highest BCUT2D eigenvalue weighted by Crippen LogP contribution is 2.01. The van der Waals surface area contributed by atoms with Crippen molar-refractivity contribution in [3.8, 4) is 0 Å². The number of hydrogen-bond donors (Lipinski definition) is 3. The van der Waals surface area contributed by atoms with Gasteiger partial charge in [0.1, 0.15) is 6.04 Å². The molecule has 0 saturated carbocycles. The van der Waals surface area contributed by atoms with E-state index in [-0.39, 0.29) is 22.8 Å². The number of amides is 1. The Hall–Kier alpha value is -1.85. The van der Waals surface area contributed by atoms with Crippen LogP contribution in [-0.2, 0) is 4.79 Å². The number of carbonyl (C=O) groups excluding carboxylic acids is 1. The maximum absolute atomic E-state index is 11.8. The second-order valence-corrected chi connectivity index (χ2v) is 4.87. The molecule has 0 radical (unpaired) electrons. The van der Waals surface area contributed by atoms with Crippen LogP contribution >= 0.6 is 0 Å². The van der Waals surface area contributed by atoms with Crippen LogP contribution in [0.3, 0.4) is 0 Å². The second kappa shape index (κ2) is 4.99. The quantitative estimate of drug-likeness (QED) is 0.715. The number of hydrogen-bond acceptors (Lipinski definition) is 4. The first-order valence-electron chi connectivity index (χ1n) is 5.42. The number of aromatic nitrogens is 2. The summed E-state index contributed by atoms with van der Waals surface area (Å²) in [5, 5.41) is 5.58. The molecule has 0 aliphatic heterocycles. The monoisotopic (exact) mass is 238 g/mol. The summed E-state index contributed by atoms with van der Waals surface area (Å²) in [6, 6.07) is -0.523. The molecule has 1 aromatic heterocycles. The summed E-state index contributed by atoms with van der Waals surface area (Å²) in [5.74, 6) is -0.0355. The number of nitrogens with one attached hydrogen (secondary N) is 3. The van der Waals surface area contributed by atoms with Crippen molar-refractivity contribution in [2.75, 3.05) is 5.32 Å². The summed E-state index contributed by atoms with van der Waals surface area (Å²) in [6.07, 6.45) is 2.89. The maximum Gasteiger partial charge on any atom is 0.290 e. The molecule has 1 rings (SSSR count). The molecule has 3 N–H and O–H groups in total. The topological polar surface area (TPSA) is 86.9 Å². The third-order valence-electron chi connectivity index (χ3n) is 1.95. The Bertz CT molecular complexity index is 447. The lowest BCUT2D eigenvalue weighted by molar-refractivity contribution is -0.122. The van der Waals surface area contributed by atoms with Crippen molar-refractivity contribution >= 4 is 11.7 Å². The fourth-order valence-electron chi connectivity index (χ4n) is 1.20. The third kappa shape index (κ3) is 4.26. The molecule has 0 aliphatic rings. The van der Waals surface area contributed by atoms with Gasteiger partial charge < -0.3 is 15.6 Å². The molecule has 6 nitrogen and oxygen atoms in total. The molecule has 0 bridgehead atoms. The smallest absolute Gasteiger partial charge is 0.290 e. The predicted molar refractivity (Wildman–Crippen MR) is 65.8 cm³/mol. The summed E-state index contributed by atoms with van der Waals surface area (Å²) < 4.78 is 0. The molecule has 0 spiro atoms. The van der Waals surface area contributed by atoms with Gasteiger partial charge in [-0.05, 0) is 27.7 Å². The van der Waals surface area contributed by atoms with E-state index < -0.39 is 6.04 Å². The van der Waals surface area contributed by atoms with Gasteiger partial charge in [0.15, 0.2) is 5.82 Å². The predicted octanol–water partition coefficient (Wildman–Crippen LogP) is 0.485. The lowest BCUT2D eigenvalue weighted by Gasteiger charge is -2.23. The van der Waals surface area contributed by atoms with Gasteiger partial charge in [0, 0.05) is 17.9 Å². The lowest BCUT2D eigenvalue weighted by Crippen LogP contribution is -2.47. The molecular formula is C11H18N4O2. The largest absolute Gasteiger partial charge is 0.354 e. The molecule has 1 atom stereocenters. The van der Waals surface area contributed by atoms with Crippen LogP contribution in [0.2, 0.25) is 0 Å². The number of H-pyrrole nitrogens is 1. The summed E-state index contributed by atoms with van der Waals surface area (Å²) in [7, 11) is 0. The first-order valence-corrected chi connectivity index (χ1v) is 5.42. The van der Waals surface area contributed by atoms with Gasteiger partial charge in [-0.25, -0.2) is 4.98 Å². The van der Waals surface area contributed by atoms with Crippen LogP contribution in [0.5, 0.6) is 0 Å². The van der Waals surface area contributed by atoms with E-state index in [1.165, 1.54) is 12.4 Å². The Morgan fingerprint density at radius 3 is 2.65 bits per heavy atom. The van der Waals surface area contributed by atoms with E-state index in [1.807, 2.05) is 20.8 Å². The van der Waals surface area contributed by atoms with Crippen molar-refractivity contribution in [1.82, 2.24) is 15.3 Å². The van der Waals surface area contributed by atoms with E-state index >= 15 is 0 Å². The molecule has 1 amide bonds. The summed E-state index contributed by atoms with van der Waals surface area (Å²) in [6.45, 7) is 7.36. The zero-order valence-electron chi connectivity index (χ0n) is 10.5. The first kappa shape index (κ1) is 13.2. The van der Waals surface area contributed by atoms with Gasteiger partial charge in [-0.3, -0.25) is 9.59 Å². The highest BCUT2D eigenvalue weighted by Gasteiger charge is 2.19. The Balaban J connectivity index is 2.67. The molecule has 0 aliphatic carbocycles. The zero-order chi connectivity index (χ0) is 13.1. The number of nitrogens with zero attached hydrogens (tertiary/aromatic N) is 1. The van der Waals surface area contributed by atoms with Gasteiger partial charge in [-0.2, -0.15) is 0 Å². The molecule has 1 unspecified atom stereocenters. The van der Waals surface area contributed by atoms with Crippen LogP contribution in [0.4, 0.5) is 5.82 Å². The van der Waals surface area contributed by atoms with E-state index in [0.717, 1.165) is 0 Å². The van der Waals surface area contributed by atoms with E-state index in [1.54, 1.807) is 6.92 Å². The Kier molecular flexibility index (Phi) is 3.88. The molecule has 1 heterocycles. The summed E-state index contributed by atoms with van der Waals surface area (Å²) >= 11 is 0. The van der Waals surface area contributed by atoms with Crippen molar-refractivity contribution in [1.29, 1.82) is 0 Å². The van der Waals surface area contributed by atoms with Gasteiger partial charge in [0.05, 0.1) is 0 Å². The minimum absolute atomic E-state index is 0.143. The van der Waals surface area contributed by atoms with Crippen molar-refractivity contribution < 1.29 is 4.79 Å². The highest BCUT2D eigenvalue weighted by molar-refractivity contribution is 5.84. The van der Waals surface area contributed by atoms with Crippen LogP contribution in [-0.4, -0.2) is 27.5 Å². The number of rotatable bonds is 3. The third-order valence-corrected chi connectivity index (χ3v) is 1.95. The lowest BCUT2D eigenvalue weighted by atomic mass is 10.1. The minimum Gasteiger partial charge on any atom is -0.354 e. The molecule has 0 saturated heterocycles. The van der Waals surface area contributed by atoms with Crippen LogP contribution in [0, 0.1) is 0 Å². The van der Waals surface area contributed by atoms with E-state index in [0.29, 0.717) is 0 Å². The second-order valence-electron chi connectivity index (χ2n) is 4.87. The van der Waals surface area contributed by atoms with Gasteiger partial charge in [0.25, 0.3) is 5.56 Å². The molecule has 17 heavy (non-hydrogen) atoms. The molecule has 1 aromatic rings. The van der Waals surface area contributed by atoms with Crippen LogP contribution in [0.15, 0.2) is 17.2 Å². The average Bonchev–Trinajstić information content (AvgIpc) is 2.18. The van der Waals surface area contributed by atoms with E-state index in [2.05, 4.69) is 20.6 Å². The van der Waals surface area contributed by atoms with E-state index in [4.69, 9.17) is 0 Å². The number of carbonyl (C=O) groups is 1. The van der Waals surface area contributed by atoms with Crippen LogP contribution < -0.4 is 16.2 Å². The van der Waals surface area contributed by atoms with Crippen molar-refractivity contribution in [2.24, 2.45) is 0 Å². The Morgan fingerprint density at radius 2 is 2.12 bits per heavy atom. The van der Waals surface area contributed by atoms with Gasteiger partial charge in [-0.15, -0.1) is 0 Å². The SMILES string of the molecule is CC(Nc1ncc[nH]c1=O)C(=O)NC(C)(C)C. The Labute approximate surface area is 99.8 Å². The molecule has 0 fully saturated rings. The van der Waals surface area contributed by atoms with Gasteiger partial charge >= 0.3 is 0 Å². The fourth-order valence-corrected chi connectivity index (χ4v) is 1.20. The first-order chi connectivity index (χ1) is 7.79. The van der Waals surface area contributed by atoms with Crippen molar-refractivity contribution in [3.05, 3.63) is 22.7 Å². The average molecular weight is 238 g/mol. The molecule has 94 valence electrons.